The van der Waals surface area contributed by atoms with Crippen LogP contribution < -0.4 is 9.88 Å². The first kappa shape index (κ1) is 21.2. The van der Waals surface area contributed by atoms with Crippen molar-refractivity contribution in [2.75, 3.05) is 11.9 Å². The Bertz CT molecular complexity index is 1130. The third kappa shape index (κ3) is 4.25. The first-order valence-electron chi connectivity index (χ1n) is 9.96. The number of amides is 1. The molecule has 0 saturated heterocycles. The summed E-state index contributed by atoms with van der Waals surface area (Å²) in [6.07, 6.45) is 0. The van der Waals surface area contributed by atoms with Gasteiger partial charge in [0.2, 0.25) is 0 Å². The number of esters is 1. The molecule has 0 unspecified atom stereocenters. The number of rotatable bonds is 7. The van der Waals surface area contributed by atoms with E-state index in [2.05, 4.69) is 9.88 Å². The molecule has 156 valence electrons. The van der Waals surface area contributed by atoms with Gasteiger partial charge in [-0.2, -0.15) is 0 Å². The number of carbonyl (C=O) groups excluding carboxylic acids is 3. The minimum absolute atomic E-state index is 0.0613. The lowest BCUT2D eigenvalue weighted by Crippen LogP contribution is -2.35. The van der Waals surface area contributed by atoms with Crippen LogP contribution in [-0.4, -0.2) is 28.8 Å². The molecule has 0 aliphatic rings. The van der Waals surface area contributed by atoms with E-state index in [1.54, 1.807) is 43.3 Å². The van der Waals surface area contributed by atoms with Crippen LogP contribution in [0.4, 0.5) is 5.69 Å². The van der Waals surface area contributed by atoms with Gasteiger partial charge in [0.25, 0.3) is 11.7 Å². The largest absolute Gasteiger partial charge is 0.462 e. The van der Waals surface area contributed by atoms with Crippen LogP contribution in [0.15, 0.2) is 42.5 Å². The van der Waals surface area contributed by atoms with Gasteiger partial charge in [-0.05, 0) is 45.0 Å². The molecule has 0 radical (unpaired) electrons. The topological polar surface area (TPSA) is 81.3 Å². The van der Waals surface area contributed by atoms with Gasteiger partial charge in [0, 0.05) is 24.2 Å². The molecular weight excluding hydrogens is 382 g/mol. The van der Waals surface area contributed by atoms with Crippen LogP contribution in [0.1, 0.15) is 47.3 Å². The van der Waals surface area contributed by atoms with Gasteiger partial charge in [-0.15, -0.1) is 0 Å². The molecule has 3 rings (SSSR count). The Morgan fingerprint density at radius 1 is 1.07 bits per heavy atom. The molecule has 1 aromatic heterocycles. The molecule has 30 heavy (non-hydrogen) atoms. The lowest BCUT2D eigenvalue weighted by molar-refractivity contribution is -0.674. The smallest absolute Gasteiger partial charge is 0.338 e. The SMILES string of the molecule is CCOC(=O)c1ccc2c(c1)n(CC(=O)Nc1cccc(C(C)=O)c1)c(C)[n+]2CC. The third-order valence-electron chi connectivity index (χ3n) is 5.02. The zero-order valence-corrected chi connectivity index (χ0v) is 17.7. The van der Waals surface area contributed by atoms with Gasteiger partial charge in [0.05, 0.1) is 18.7 Å². The van der Waals surface area contributed by atoms with Crippen molar-refractivity contribution >= 4 is 34.4 Å². The van der Waals surface area contributed by atoms with Crippen LogP contribution in [0.25, 0.3) is 11.0 Å². The number of benzene rings is 2. The van der Waals surface area contributed by atoms with Crippen molar-refractivity contribution in [3.8, 4) is 0 Å². The number of aryl methyl sites for hydroxylation is 1. The minimum Gasteiger partial charge on any atom is -0.462 e. The zero-order chi connectivity index (χ0) is 21.8. The number of nitrogens with one attached hydrogen (secondary N) is 1. The number of anilines is 1. The lowest BCUT2D eigenvalue weighted by Gasteiger charge is -2.06. The van der Waals surface area contributed by atoms with Crippen LogP contribution in [0.2, 0.25) is 0 Å². The van der Waals surface area contributed by atoms with Gasteiger partial charge in [0.1, 0.15) is 0 Å². The van der Waals surface area contributed by atoms with E-state index in [1.165, 1.54) is 6.92 Å². The molecule has 0 saturated carbocycles. The molecule has 2 aromatic carbocycles. The Kier molecular flexibility index (Phi) is 6.30. The van der Waals surface area contributed by atoms with E-state index in [1.807, 2.05) is 24.5 Å². The van der Waals surface area contributed by atoms with Gasteiger partial charge in [-0.1, -0.05) is 12.1 Å². The monoisotopic (exact) mass is 408 g/mol. The van der Waals surface area contributed by atoms with E-state index >= 15 is 0 Å². The molecule has 3 aromatic rings. The molecule has 0 atom stereocenters. The van der Waals surface area contributed by atoms with Crippen LogP contribution in [0.5, 0.6) is 0 Å². The number of ketones is 1. The number of nitrogens with zero attached hydrogens (tertiary/aromatic N) is 2. The van der Waals surface area contributed by atoms with E-state index < -0.39 is 5.97 Å². The van der Waals surface area contributed by atoms with Crippen molar-refractivity contribution in [3.05, 3.63) is 59.4 Å². The van der Waals surface area contributed by atoms with Crippen molar-refractivity contribution in [2.45, 2.75) is 40.8 Å². The molecule has 7 heteroatoms. The quantitative estimate of drug-likeness (QED) is 0.370. The summed E-state index contributed by atoms with van der Waals surface area (Å²) in [5.74, 6) is 0.230. The van der Waals surface area contributed by atoms with E-state index in [-0.39, 0.29) is 18.2 Å². The third-order valence-corrected chi connectivity index (χ3v) is 5.02. The number of ether oxygens (including phenoxy) is 1. The highest BCUT2D eigenvalue weighted by molar-refractivity contribution is 5.97. The van der Waals surface area contributed by atoms with Crippen LogP contribution in [0.3, 0.4) is 0 Å². The van der Waals surface area contributed by atoms with Crippen molar-refractivity contribution in [3.63, 3.8) is 0 Å². The molecule has 0 spiro atoms. The Morgan fingerprint density at radius 3 is 2.50 bits per heavy atom. The van der Waals surface area contributed by atoms with Gasteiger partial charge in [0.15, 0.2) is 23.4 Å². The van der Waals surface area contributed by atoms with Crippen molar-refractivity contribution in [2.24, 2.45) is 0 Å². The second-order valence-corrected chi connectivity index (χ2v) is 6.99. The fourth-order valence-corrected chi connectivity index (χ4v) is 3.56. The summed E-state index contributed by atoms with van der Waals surface area (Å²) >= 11 is 0. The average Bonchev–Trinajstić information content (AvgIpc) is 2.98. The summed E-state index contributed by atoms with van der Waals surface area (Å²) < 4.78 is 9.08. The molecule has 0 fully saturated rings. The summed E-state index contributed by atoms with van der Waals surface area (Å²) in [7, 11) is 0. The van der Waals surface area contributed by atoms with Crippen molar-refractivity contribution in [1.82, 2.24) is 4.57 Å². The highest BCUT2D eigenvalue weighted by atomic mass is 16.5. The van der Waals surface area contributed by atoms with Crippen LogP contribution >= 0.6 is 0 Å². The van der Waals surface area contributed by atoms with E-state index in [9.17, 15) is 14.4 Å². The van der Waals surface area contributed by atoms with E-state index in [0.29, 0.717) is 23.4 Å². The highest BCUT2D eigenvalue weighted by Gasteiger charge is 2.24. The average molecular weight is 408 g/mol. The number of carbonyl (C=O) groups is 3. The van der Waals surface area contributed by atoms with Gasteiger partial charge >= 0.3 is 5.97 Å². The fourth-order valence-electron chi connectivity index (χ4n) is 3.56. The normalized spacial score (nSPS) is 10.8. The molecule has 1 N–H and O–H groups in total. The summed E-state index contributed by atoms with van der Waals surface area (Å²) in [6.45, 7) is 8.33. The van der Waals surface area contributed by atoms with Gasteiger partial charge in [-0.25, -0.2) is 13.9 Å². The second-order valence-electron chi connectivity index (χ2n) is 6.99. The second kappa shape index (κ2) is 8.90. The molecule has 0 aliphatic heterocycles. The standard InChI is InChI=1S/C23H25N3O4/c1-5-25-16(4)26(21-13-18(10-11-20(21)25)23(29)30-6-2)14-22(28)24-19-9-7-8-17(12-19)15(3)27/h7-13H,5-6,14H2,1-4H3/p+1. The minimum atomic E-state index is -0.390. The number of aromatic nitrogens is 2. The zero-order valence-electron chi connectivity index (χ0n) is 17.7. The van der Waals surface area contributed by atoms with Crippen LogP contribution in [0, 0.1) is 6.92 Å². The number of Topliss-reactive ketones (excluding diaryl/α,β-unsaturated/α-hetero) is 1. The Balaban J connectivity index is 1.94. The van der Waals surface area contributed by atoms with E-state index in [4.69, 9.17) is 4.74 Å². The summed E-state index contributed by atoms with van der Waals surface area (Å²) in [4.78, 5) is 36.5. The predicted octanol–water partition coefficient (Wildman–Crippen LogP) is 3.28. The molecule has 1 heterocycles. The highest BCUT2D eigenvalue weighted by Crippen LogP contribution is 2.18. The first-order chi connectivity index (χ1) is 14.3. The van der Waals surface area contributed by atoms with Crippen molar-refractivity contribution < 1.29 is 23.7 Å². The lowest BCUT2D eigenvalue weighted by atomic mass is 10.1. The molecule has 0 aliphatic carbocycles. The van der Waals surface area contributed by atoms with Crippen LogP contribution in [-0.2, 0) is 22.6 Å². The summed E-state index contributed by atoms with van der Waals surface area (Å²) in [5, 5.41) is 2.85. The Labute approximate surface area is 175 Å². The maximum Gasteiger partial charge on any atom is 0.338 e. The Morgan fingerprint density at radius 2 is 1.83 bits per heavy atom. The number of hydrogen-bond acceptors (Lipinski definition) is 4. The predicted molar refractivity (Wildman–Crippen MR) is 114 cm³/mol. The summed E-state index contributed by atoms with van der Waals surface area (Å²) in [6, 6.07) is 12.2. The Hall–Kier alpha value is -3.48. The maximum atomic E-state index is 12.8. The number of fused-ring (bicyclic) bond motifs is 1. The summed E-state index contributed by atoms with van der Waals surface area (Å²) in [5.41, 5.74) is 3.28. The fraction of sp³-hybridized carbons (Fsp3) is 0.304. The number of hydrogen-bond donors (Lipinski definition) is 1. The molecule has 7 nitrogen and oxygen atoms in total. The van der Waals surface area contributed by atoms with Crippen molar-refractivity contribution in [1.29, 1.82) is 0 Å². The molecule has 1 amide bonds. The molecular formula is C23H26N3O4+. The van der Waals surface area contributed by atoms with Gasteiger partial charge in [-0.3, -0.25) is 9.59 Å². The van der Waals surface area contributed by atoms with E-state index in [0.717, 1.165) is 23.4 Å². The first-order valence-corrected chi connectivity index (χ1v) is 9.96. The maximum absolute atomic E-state index is 12.8. The number of imidazole rings is 1. The molecule has 0 bridgehead atoms. The van der Waals surface area contributed by atoms with Gasteiger partial charge < -0.3 is 10.1 Å².